The summed E-state index contributed by atoms with van der Waals surface area (Å²) in [7, 11) is 0. The van der Waals surface area contributed by atoms with Gasteiger partial charge < -0.3 is 9.73 Å². The van der Waals surface area contributed by atoms with Gasteiger partial charge in [0.15, 0.2) is 12.1 Å². The molecular weight excluding hydrogens is 170 g/mol. The topological polar surface area (TPSA) is 78.9 Å². The molecule has 1 N–H and O–H groups in total. The molecule has 13 heavy (non-hydrogen) atoms. The molecule has 68 valence electrons. The van der Waals surface area contributed by atoms with E-state index in [2.05, 4.69) is 14.7 Å². The average Bonchev–Trinajstić information content (AvgIpc) is 2.55. The Kier molecular flexibility index (Phi) is 3.03. The number of carbonyl (C=O) groups is 1. The second-order valence-electron chi connectivity index (χ2n) is 2.61. The van der Waals surface area contributed by atoms with Crippen molar-refractivity contribution in [3.63, 3.8) is 0 Å². The first-order chi connectivity index (χ1) is 6.24. The highest BCUT2D eigenvalue weighted by Gasteiger charge is 2.11. The van der Waals surface area contributed by atoms with Crippen LogP contribution in [0.1, 0.15) is 23.8 Å². The summed E-state index contributed by atoms with van der Waals surface area (Å²) in [5.41, 5.74) is 0.227. The zero-order valence-electron chi connectivity index (χ0n) is 7.15. The first kappa shape index (κ1) is 9.26. The largest absolute Gasteiger partial charge is 0.451 e. The molecule has 1 aromatic heterocycles. The number of oxazole rings is 1. The van der Waals surface area contributed by atoms with E-state index < -0.39 is 0 Å². The van der Waals surface area contributed by atoms with Crippen molar-refractivity contribution in [3.05, 3.63) is 18.4 Å². The molecule has 0 spiro atoms. The van der Waals surface area contributed by atoms with Gasteiger partial charge in [0.05, 0.1) is 12.5 Å². The molecule has 1 rings (SSSR count). The minimum absolute atomic E-state index is 0.172. The first-order valence-electron chi connectivity index (χ1n) is 3.80. The van der Waals surface area contributed by atoms with Crippen LogP contribution < -0.4 is 5.32 Å². The molecule has 1 unspecified atom stereocenters. The summed E-state index contributed by atoms with van der Waals surface area (Å²) < 4.78 is 4.64. The molecule has 1 atom stereocenters. The highest BCUT2D eigenvalue weighted by atomic mass is 16.3. The van der Waals surface area contributed by atoms with Crippen LogP contribution in [0, 0.1) is 11.3 Å². The van der Waals surface area contributed by atoms with Gasteiger partial charge in [0.25, 0.3) is 5.91 Å². The molecule has 1 amide bonds. The van der Waals surface area contributed by atoms with Crippen molar-refractivity contribution in [3.8, 4) is 6.07 Å². The lowest BCUT2D eigenvalue weighted by Crippen LogP contribution is -2.32. The van der Waals surface area contributed by atoms with Gasteiger partial charge in [0, 0.05) is 6.04 Å². The van der Waals surface area contributed by atoms with E-state index in [1.807, 2.05) is 6.07 Å². The van der Waals surface area contributed by atoms with Crippen molar-refractivity contribution in [2.45, 2.75) is 19.4 Å². The summed E-state index contributed by atoms with van der Waals surface area (Å²) in [6.45, 7) is 1.75. The molecule has 0 bridgehead atoms. The number of nitriles is 1. The number of amides is 1. The van der Waals surface area contributed by atoms with Crippen LogP contribution in [-0.2, 0) is 0 Å². The van der Waals surface area contributed by atoms with Crippen molar-refractivity contribution < 1.29 is 9.21 Å². The number of hydrogen-bond acceptors (Lipinski definition) is 4. The standard InChI is InChI=1S/C8H9N3O2/c1-6(2-3-9)11-8(12)7-4-13-5-10-7/h4-6H,2H2,1H3,(H,11,12). The van der Waals surface area contributed by atoms with E-state index in [4.69, 9.17) is 5.26 Å². The monoisotopic (exact) mass is 179 g/mol. The van der Waals surface area contributed by atoms with Crippen LogP contribution in [0.15, 0.2) is 17.1 Å². The third kappa shape index (κ3) is 2.60. The Morgan fingerprint density at radius 3 is 3.23 bits per heavy atom. The lowest BCUT2D eigenvalue weighted by molar-refractivity contribution is 0.0936. The maximum absolute atomic E-state index is 11.2. The smallest absolute Gasteiger partial charge is 0.273 e. The summed E-state index contributed by atoms with van der Waals surface area (Å²) in [5, 5.41) is 10.9. The molecule has 0 fully saturated rings. The molecule has 0 aliphatic carbocycles. The summed E-state index contributed by atoms with van der Waals surface area (Å²) in [5.74, 6) is -0.323. The first-order valence-corrected chi connectivity index (χ1v) is 3.80. The summed E-state index contributed by atoms with van der Waals surface area (Å²) in [4.78, 5) is 14.9. The highest BCUT2D eigenvalue weighted by molar-refractivity contribution is 5.91. The van der Waals surface area contributed by atoms with Gasteiger partial charge in [-0.05, 0) is 6.92 Å². The van der Waals surface area contributed by atoms with Crippen LogP contribution >= 0.6 is 0 Å². The zero-order valence-corrected chi connectivity index (χ0v) is 7.15. The van der Waals surface area contributed by atoms with Crippen LogP contribution in [0.5, 0.6) is 0 Å². The van der Waals surface area contributed by atoms with Crippen molar-refractivity contribution >= 4 is 5.91 Å². The van der Waals surface area contributed by atoms with E-state index in [0.717, 1.165) is 0 Å². The number of hydrogen-bond donors (Lipinski definition) is 1. The van der Waals surface area contributed by atoms with Crippen LogP contribution in [0.25, 0.3) is 0 Å². The normalized spacial score (nSPS) is 11.7. The predicted molar refractivity (Wildman–Crippen MR) is 43.7 cm³/mol. The molecular formula is C8H9N3O2. The molecule has 1 heterocycles. The minimum atomic E-state index is -0.323. The van der Waals surface area contributed by atoms with E-state index in [9.17, 15) is 4.79 Å². The Hall–Kier alpha value is -1.83. The maximum atomic E-state index is 11.2. The van der Waals surface area contributed by atoms with Gasteiger partial charge >= 0.3 is 0 Å². The third-order valence-electron chi connectivity index (χ3n) is 1.44. The number of carbonyl (C=O) groups excluding carboxylic acids is 1. The van der Waals surface area contributed by atoms with Gasteiger partial charge in [-0.3, -0.25) is 4.79 Å². The molecule has 5 heteroatoms. The van der Waals surface area contributed by atoms with E-state index in [-0.39, 0.29) is 24.1 Å². The van der Waals surface area contributed by atoms with E-state index in [1.54, 1.807) is 6.92 Å². The Morgan fingerprint density at radius 1 is 1.92 bits per heavy atom. The predicted octanol–water partition coefficient (Wildman–Crippen LogP) is 0.707. The molecule has 0 saturated heterocycles. The fourth-order valence-corrected chi connectivity index (χ4v) is 0.810. The van der Waals surface area contributed by atoms with Crippen molar-refractivity contribution in [1.29, 1.82) is 5.26 Å². The van der Waals surface area contributed by atoms with Gasteiger partial charge in [0.1, 0.15) is 6.26 Å². The van der Waals surface area contributed by atoms with Crippen LogP contribution in [0.3, 0.4) is 0 Å². The molecule has 0 saturated carbocycles. The second kappa shape index (κ2) is 4.26. The summed E-state index contributed by atoms with van der Waals surface area (Å²) >= 11 is 0. The number of rotatable bonds is 3. The van der Waals surface area contributed by atoms with Gasteiger partial charge in [-0.15, -0.1) is 0 Å². The molecule has 0 aromatic carbocycles. The third-order valence-corrected chi connectivity index (χ3v) is 1.44. The Labute approximate surface area is 75.4 Å². The van der Waals surface area contributed by atoms with Crippen molar-refractivity contribution in [2.24, 2.45) is 0 Å². The molecule has 0 aliphatic rings. The molecule has 0 aliphatic heterocycles. The van der Waals surface area contributed by atoms with Gasteiger partial charge in [-0.2, -0.15) is 5.26 Å². The van der Waals surface area contributed by atoms with E-state index >= 15 is 0 Å². The van der Waals surface area contributed by atoms with Gasteiger partial charge in [0.2, 0.25) is 0 Å². The molecule has 5 nitrogen and oxygen atoms in total. The van der Waals surface area contributed by atoms with Crippen molar-refractivity contribution in [1.82, 2.24) is 10.3 Å². The number of nitrogens with one attached hydrogen (secondary N) is 1. The van der Waals surface area contributed by atoms with Gasteiger partial charge in [-0.25, -0.2) is 4.98 Å². The molecule has 1 aromatic rings. The quantitative estimate of drug-likeness (QED) is 0.740. The highest BCUT2D eigenvalue weighted by Crippen LogP contribution is 1.96. The fourth-order valence-electron chi connectivity index (χ4n) is 0.810. The Bertz CT molecular complexity index is 313. The zero-order chi connectivity index (χ0) is 9.68. The van der Waals surface area contributed by atoms with Crippen LogP contribution in [0.4, 0.5) is 0 Å². The second-order valence-corrected chi connectivity index (χ2v) is 2.61. The van der Waals surface area contributed by atoms with Crippen LogP contribution in [-0.4, -0.2) is 16.9 Å². The van der Waals surface area contributed by atoms with Crippen LogP contribution in [0.2, 0.25) is 0 Å². The average molecular weight is 179 g/mol. The van der Waals surface area contributed by atoms with Gasteiger partial charge in [-0.1, -0.05) is 0 Å². The van der Waals surface area contributed by atoms with Crippen molar-refractivity contribution in [2.75, 3.05) is 0 Å². The minimum Gasteiger partial charge on any atom is -0.451 e. The number of aromatic nitrogens is 1. The number of nitrogens with zero attached hydrogens (tertiary/aromatic N) is 2. The molecule has 0 radical (unpaired) electrons. The maximum Gasteiger partial charge on any atom is 0.273 e. The Morgan fingerprint density at radius 2 is 2.69 bits per heavy atom. The summed E-state index contributed by atoms with van der Waals surface area (Å²) in [6.07, 6.45) is 2.72. The fraction of sp³-hybridized carbons (Fsp3) is 0.375. The summed E-state index contributed by atoms with van der Waals surface area (Å²) in [6, 6.07) is 1.79. The van der Waals surface area contributed by atoms with E-state index in [1.165, 1.54) is 12.7 Å². The van der Waals surface area contributed by atoms with E-state index in [0.29, 0.717) is 0 Å². The SMILES string of the molecule is CC(CC#N)NC(=O)c1cocn1. The Balaban J connectivity index is 2.48. The lowest BCUT2D eigenvalue weighted by Gasteiger charge is -2.07. The lowest BCUT2D eigenvalue weighted by atomic mass is 10.2.